The van der Waals surface area contributed by atoms with Crippen LogP contribution in [-0.4, -0.2) is 12.4 Å². The van der Waals surface area contributed by atoms with Gasteiger partial charge in [0.05, 0.1) is 4.90 Å². The number of nitrogens with zero attached hydrogens (tertiary/aromatic N) is 1. The molecule has 5 nitrogen and oxygen atoms in total. The first kappa shape index (κ1) is 11.7. The molecular formula is C13H9NO4S. The van der Waals surface area contributed by atoms with Crippen molar-refractivity contribution in [2.45, 2.75) is 4.90 Å². The molecule has 0 unspecified atom stereocenters. The first-order valence-corrected chi connectivity index (χ1v) is 6.96. The molecule has 19 heavy (non-hydrogen) atoms. The molecule has 96 valence electrons. The Labute approximate surface area is 108 Å². The van der Waals surface area contributed by atoms with Crippen molar-refractivity contribution in [2.24, 2.45) is 0 Å². The van der Waals surface area contributed by atoms with Gasteiger partial charge in [-0.3, -0.25) is 0 Å². The minimum Gasteiger partial charge on any atom is -0.407 e. The fourth-order valence-electron chi connectivity index (χ4n) is 1.87. The minimum absolute atomic E-state index is 0.0450. The summed E-state index contributed by atoms with van der Waals surface area (Å²) in [5, 5.41) is 0. The van der Waals surface area contributed by atoms with Crippen molar-refractivity contribution in [3.05, 3.63) is 65.1 Å². The topological polar surface area (TPSA) is 69.3 Å². The highest BCUT2D eigenvalue weighted by Gasteiger charge is 2.23. The van der Waals surface area contributed by atoms with E-state index < -0.39 is 15.8 Å². The van der Waals surface area contributed by atoms with Gasteiger partial charge >= 0.3 is 5.76 Å². The van der Waals surface area contributed by atoms with E-state index >= 15 is 0 Å². The quantitative estimate of drug-likeness (QED) is 0.715. The molecule has 0 fully saturated rings. The van der Waals surface area contributed by atoms with E-state index in [1.54, 1.807) is 36.4 Å². The van der Waals surface area contributed by atoms with Crippen LogP contribution < -0.4 is 5.76 Å². The first-order chi connectivity index (χ1) is 9.10. The molecular weight excluding hydrogens is 266 g/mol. The van der Waals surface area contributed by atoms with Crippen LogP contribution in [0.3, 0.4) is 0 Å². The fraction of sp³-hybridized carbons (Fsp3) is 0. The molecule has 3 aromatic rings. The van der Waals surface area contributed by atoms with Crippen LogP contribution in [0, 0.1) is 0 Å². The van der Waals surface area contributed by atoms with E-state index in [9.17, 15) is 13.2 Å². The van der Waals surface area contributed by atoms with Crippen LogP contribution in [0.1, 0.15) is 0 Å². The lowest BCUT2D eigenvalue weighted by Gasteiger charge is -2.03. The lowest BCUT2D eigenvalue weighted by molar-refractivity contribution is 0.534. The molecule has 0 aliphatic rings. The van der Waals surface area contributed by atoms with Gasteiger partial charge in [-0.1, -0.05) is 30.3 Å². The van der Waals surface area contributed by atoms with Gasteiger partial charge < -0.3 is 4.42 Å². The SMILES string of the molecule is O=c1oc2ccccc2n1S(=O)(=O)c1ccccc1. The van der Waals surface area contributed by atoms with E-state index in [1.807, 2.05) is 0 Å². The van der Waals surface area contributed by atoms with E-state index in [0.717, 1.165) is 0 Å². The Morgan fingerprint density at radius 1 is 0.895 bits per heavy atom. The zero-order valence-corrected chi connectivity index (χ0v) is 10.5. The molecule has 0 atom stereocenters. The van der Waals surface area contributed by atoms with Crippen molar-refractivity contribution < 1.29 is 12.8 Å². The molecule has 0 aliphatic carbocycles. The maximum Gasteiger partial charge on any atom is 0.434 e. The number of aromatic nitrogens is 1. The van der Waals surface area contributed by atoms with Crippen LogP contribution in [0.4, 0.5) is 0 Å². The van der Waals surface area contributed by atoms with E-state index in [2.05, 4.69) is 0 Å². The molecule has 1 heterocycles. The van der Waals surface area contributed by atoms with Gasteiger partial charge in [0.2, 0.25) is 0 Å². The van der Waals surface area contributed by atoms with Gasteiger partial charge in [-0.05, 0) is 24.3 Å². The molecule has 3 rings (SSSR count). The molecule has 0 saturated heterocycles. The minimum atomic E-state index is -3.94. The highest BCUT2D eigenvalue weighted by atomic mass is 32.2. The summed E-state index contributed by atoms with van der Waals surface area (Å²) in [5.74, 6) is -0.912. The van der Waals surface area contributed by atoms with Crippen LogP contribution in [0.2, 0.25) is 0 Å². The molecule has 0 N–H and O–H groups in total. The van der Waals surface area contributed by atoms with Crippen molar-refractivity contribution in [2.75, 3.05) is 0 Å². The van der Waals surface area contributed by atoms with Gasteiger partial charge in [-0.2, -0.15) is 3.97 Å². The summed E-state index contributed by atoms with van der Waals surface area (Å²) >= 11 is 0. The Bertz CT molecular complexity index is 891. The Morgan fingerprint density at radius 3 is 2.26 bits per heavy atom. The molecule has 1 aromatic heterocycles. The smallest absolute Gasteiger partial charge is 0.407 e. The van der Waals surface area contributed by atoms with Crippen LogP contribution >= 0.6 is 0 Å². The van der Waals surface area contributed by atoms with Gasteiger partial charge in [0, 0.05) is 0 Å². The van der Waals surface area contributed by atoms with Crippen LogP contribution in [0.25, 0.3) is 11.1 Å². The van der Waals surface area contributed by atoms with E-state index in [-0.39, 0.29) is 16.0 Å². The highest BCUT2D eigenvalue weighted by Crippen LogP contribution is 2.18. The van der Waals surface area contributed by atoms with E-state index in [4.69, 9.17) is 4.42 Å². The standard InChI is InChI=1S/C13H9NO4S/c15-13-14(11-8-4-5-9-12(11)18-13)19(16,17)10-6-2-1-3-7-10/h1-9H. The summed E-state index contributed by atoms with van der Waals surface area (Å²) in [5.41, 5.74) is 0.475. The molecule has 2 aromatic carbocycles. The fourth-order valence-corrected chi connectivity index (χ4v) is 3.23. The molecule has 0 aliphatic heterocycles. The summed E-state index contributed by atoms with van der Waals surface area (Å²) in [4.78, 5) is 11.8. The van der Waals surface area contributed by atoms with Crippen molar-refractivity contribution in [3.63, 3.8) is 0 Å². The molecule has 6 heteroatoms. The number of oxazole rings is 1. The Hall–Kier alpha value is -2.34. The van der Waals surface area contributed by atoms with Gasteiger partial charge in [0.25, 0.3) is 10.0 Å². The van der Waals surface area contributed by atoms with Crippen molar-refractivity contribution in [1.29, 1.82) is 0 Å². The molecule has 0 saturated carbocycles. The van der Waals surface area contributed by atoms with E-state index in [0.29, 0.717) is 3.97 Å². The number of hydrogen-bond acceptors (Lipinski definition) is 4. The maximum absolute atomic E-state index is 12.4. The predicted octanol–water partition coefficient (Wildman–Crippen LogP) is 1.83. The summed E-state index contributed by atoms with van der Waals surface area (Å²) in [7, 11) is -3.94. The van der Waals surface area contributed by atoms with Crippen molar-refractivity contribution in [3.8, 4) is 0 Å². The van der Waals surface area contributed by atoms with Gasteiger partial charge in [-0.25, -0.2) is 13.2 Å². The van der Waals surface area contributed by atoms with Crippen LogP contribution in [0.15, 0.2) is 68.7 Å². The van der Waals surface area contributed by atoms with Crippen molar-refractivity contribution in [1.82, 2.24) is 3.97 Å². The molecule has 0 amide bonds. The normalized spacial score (nSPS) is 11.8. The van der Waals surface area contributed by atoms with Crippen molar-refractivity contribution >= 4 is 21.1 Å². The number of para-hydroxylation sites is 2. The highest BCUT2D eigenvalue weighted by molar-refractivity contribution is 7.90. The Morgan fingerprint density at radius 2 is 1.53 bits per heavy atom. The van der Waals surface area contributed by atoms with E-state index in [1.165, 1.54) is 18.2 Å². The third-order valence-electron chi connectivity index (χ3n) is 2.73. The average molecular weight is 275 g/mol. The zero-order valence-electron chi connectivity index (χ0n) is 9.68. The second kappa shape index (κ2) is 4.10. The second-order valence-electron chi connectivity index (χ2n) is 3.92. The van der Waals surface area contributed by atoms with Crippen LogP contribution in [-0.2, 0) is 10.0 Å². The maximum atomic E-state index is 12.4. The largest absolute Gasteiger partial charge is 0.434 e. The van der Waals surface area contributed by atoms with Gasteiger partial charge in [-0.15, -0.1) is 0 Å². The lowest BCUT2D eigenvalue weighted by atomic mass is 10.3. The molecule has 0 bridgehead atoms. The Kier molecular flexibility index (Phi) is 2.53. The number of fused-ring (bicyclic) bond motifs is 1. The molecule has 0 spiro atoms. The monoisotopic (exact) mass is 275 g/mol. The number of hydrogen-bond donors (Lipinski definition) is 0. The van der Waals surface area contributed by atoms with Gasteiger partial charge in [0.1, 0.15) is 5.52 Å². The average Bonchev–Trinajstić information content (AvgIpc) is 2.76. The number of benzene rings is 2. The summed E-state index contributed by atoms with van der Waals surface area (Å²) < 4.78 is 30.5. The predicted molar refractivity (Wildman–Crippen MR) is 69.5 cm³/mol. The summed E-state index contributed by atoms with van der Waals surface area (Å²) in [6.45, 7) is 0. The lowest BCUT2D eigenvalue weighted by Crippen LogP contribution is -2.23. The van der Waals surface area contributed by atoms with Gasteiger partial charge in [0.15, 0.2) is 5.58 Å². The molecule has 0 radical (unpaired) electrons. The third-order valence-corrected chi connectivity index (χ3v) is 4.42. The number of rotatable bonds is 2. The first-order valence-electron chi connectivity index (χ1n) is 5.52. The third kappa shape index (κ3) is 1.77. The summed E-state index contributed by atoms with van der Waals surface area (Å²) in [6.07, 6.45) is 0. The Balaban J connectivity index is 2.37. The second-order valence-corrected chi connectivity index (χ2v) is 5.70. The summed E-state index contributed by atoms with van der Waals surface area (Å²) in [6, 6.07) is 14.2. The van der Waals surface area contributed by atoms with Crippen LogP contribution in [0.5, 0.6) is 0 Å². The zero-order chi connectivity index (χ0) is 13.5.